The van der Waals surface area contributed by atoms with Crippen LogP contribution in [0, 0.1) is 0 Å². The van der Waals surface area contributed by atoms with Crippen molar-refractivity contribution in [2.75, 3.05) is 17.2 Å². The van der Waals surface area contributed by atoms with Gasteiger partial charge in [0.05, 0.1) is 22.6 Å². The van der Waals surface area contributed by atoms with Crippen molar-refractivity contribution >= 4 is 48.9 Å². The Hall–Kier alpha value is -3.78. The van der Waals surface area contributed by atoms with Crippen molar-refractivity contribution in [2.24, 2.45) is 0 Å². The van der Waals surface area contributed by atoms with Crippen LogP contribution >= 0.6 is 0 Å². The molecule has 1 aliphatic carbocycles. The van der Waals surface area contributed by atoms with Crippen molar-refractivity contribution in [3.05, 3.63) is 64.7 Å². The van der Waals surface area contributed by atoms with Crippen molar-refractivity contribution in [3.63, 3.8) is 0 Å². The fourth-order valence-corrected chi connectivity index (χ4v) is 5.27. The molecule has 0 saturated carbocycles. The average molecular weight is 489 g/mol. The molecule has 1 aliphatic rings. The van der Waals surface area contributed by atoms with Gasteiger partial charge in [-0.3, -0.25) is 18.7 Å². The predicted octanol–water partition coefficient (Wildman–Crippen LogP) is 1.37. The van der Waals surface area contributed by atoms with E-state index in [9.17, 15) is 35.5 Å². The van der Waals surface area contributed by atoms with Gasteiger partial charge in [-0.2, -0.15) is 16.8 Å². The van der Waals surface area contributed by atoms with Crippen molar-refractivity contribution < 1.29 is 35.5 Å². The molecule has 0 amide bonds. The summed E-state index contributed by atoms with van der Waals surface area (Å²) in [4.78, 5) is 24.9. The van der Waals surface area contributed by atoms with Crippen LogP contribution in [0.15, 0.2) is 52.3 Å². The first-order chi connectivity index (χ1) is 15.2. The van der Waals surface area contributed by atoms with E-state index in [0.29, 0.717) is 0 Å². The topological polar surface area (TPSA) is 221 Å². The smallest absolute Gasteiger partial charge is 0.298 e. The molecule has 0 bridgehead atoms. The van der Waals surface area contributed by atoms with Gasteiger partial charge in [0.1, 0.15) is 9.79 Å². The highest BCUT2D eigenvalue weighted by Crippen LogP contribution is 2.45. The Labute approximate surface area is 187 Å². The summed E-state index contributed by atoms with van der Waals surface area (Å²) in [5, 5.41) is 0. The van der Waals surface area contributed by atoms with Crippen molar-refractivity contribution in [1.82, 2.24) is 0 Å². The Kier molecular flexibility index (Phi) is 4.83. The van der Waals surface area contributed by atoms with Crippen LogP contribution in [0.4, 0.5) is 17.1 Å². The maximum atomic E-state index is 13.4. The zero-order valence-electron chi connectivity index (χ0n) is 16.4. The molecule has 0 aromatic heterocycles. The van der Waals surface area contributed by atoms with Gasteiger partial charge in [-0.25, -0.2) is 0 Å². The second-order valence-electron chi connectivity index (χ2n) is 7.19. The lowest BCUT2D eigenvalue weighted by atomic mass is 9.79. The lowest BCUT2D eigenvalue weighted by molar-refractivity contribution is 0.0980. The first-order valence-electron chi connectivity index (χ1n) is 9.03. The van der Waals surface area contributed by atoms with Gasteiger partial charge in [-0.05, 0) is 17.7 Å². The molecule has 3 aromatic carbocycles. The number of hydrogen-bond acceptors (Lipinski definition) is 9. The van der Waals surface area contributed by atoms with E-state index in [1.54, 1.807) is 0 Å². The zero-order chi connectivity index (χ0) is 24.5. The molecule has 0 aliphatic heterocycles. The SMILES string of the molecule is Nc1ccc(-c2c(N)c(S(=O)(=O)O)c(N)c3c2C(=O)c2ccccc2C3=O)cc1S(=O)(=O)O. The summed E-state index contributed by atoms with van der Waals surface area (Å²) in [5.74, 6) is -1.53. The van der Waals surface area contributed by atoms with Crippen LogP contribution in [0.2, 0.25) is 0 Å². The quantitative estimate of drug-likeness (QED) is 0.204. The largest absolute Gasteiger partial charge is 0.398 e. The maximum Gasteiger partial charge on any atom is 0.298 e. The molecule has 0 unspecified atom stereocenters. The van der Waals surface area contributed by atoms with Crippen molar-refractivity contribution in [1.29, 1.82) is 0 Å². The number of nitrogen functional groups attached to an aromatic ring is 3. The summed E-state index contributed by atoms with van der Waals surface area (Å²) in [6.45, 7) is 0. The van der Waals surface area contributed by atoms with Gasteiger partial charge in [0.2, 0.25) is 0 Å². The van der Waals surface area contributed by atoms with Gasteiger partial charge >= 0.3 is 0 Å². The van der Waals surface area contributed by atoms with Gasteiger partial charge in [0, 0.05) is 22.3 Å². The third kappa shape index (κ3) is 3.34. The minimum absolute atomic E-state index is 0.0138. The molecule has 0 atom stereocenters. The number of nitrogens with two attached hydrogens (primary N) is 3. The molecule has 33 heavy (non-hydrogen) atoms. The fourth-order valence-electron chi connectivity index (χ4n) is 3.87. The van der Waals surface area contributed by atoms with Gasteiger partial charge in [-0.1, -0.05) is 30.3 Å². The highest BCUT2D eigenvalue weighted by Gasteiger charge is 2.39. The minimum Gasteiger partial charge on any atom is -0.398 e. The molecule has 0 heterocycles. The van der Waals surface area contributed by atoms with Crippen molar-refractivity contribution in [2.45, 2.75) is 9.79 Å². The van der Waals surface area contributed by atoms with Gasteiger partial charge < -0.3 is 17.2 Å². The van der Waals surface area contributed by atoms with E-state index in [1.807, 2.05) is 0 Å². The Morgan fingerprint density at radius 3 is 1.70 bits per heavy atom. The van der Waals surface area contributed by atoms with Gasteiger partial charge in [-0.15, -0.1) is 0 Å². The Morgan fingerprint density at radius 1 is 0.667 bits per heavy atom. The fraction of sp³-hybridized carbons (Fsp3) is 0. The summed E-state index contributed by atoms with van der Waals surface area (Å²) in [5.41, 5.74) is 14.3. The summed E-state index contributed by atoms with van der Waals surface area (Å²) < 4.78 is 66.9. The predicted molar refractivity (Wildman–Crippen MR) is 118 cm³/mol. The van der Waals surface area contributed by atoms with Crippen LogP contribution in [-0.4, -0.2) is 37.5 Å². The van der Waals surface area contributed by atoms with Crippen molar-refractivity contribution in [3.8, 4) is 11.1 Å². The number of benzene rings is 3. The lowest BCUT2D eigenvalue weighted by Crippen LogP contribution is -2.26. The molecule has 0 saturated heterocycles. The van der Waals surface area contributed by atoms with Crippen LogP contribution in [0.25, 0.3) is 11.1 Å². The average Bonchev–Trinajstić information content (AvgIpc) is 2.70. The Morgan fingerprint density at radius 2 is 1.18 bits per heavy atom. The monoisotopic (exact) mass is 489 g/mol. The summed E-state index contributed by atoms with van der Waals surface area (Å²) >= 11 is 0. The summed E-state index contributed by atoms with van der Waals surface area (Å²) in [7, 11) is -9.93. The number of ketones is 2. The van der Waals surface area contributed by atoms with Crippen LogP contribution in [0.5, 0.6) is 0 Å². The first kappa shape index (κ1) is 22.4. The summed E-state index contributed by atoms with van der Waals surface area (Å²) in [6.07, 6.45) is 0. The van der Waals surface area contributed by atoms with E-state index < -0.39 is 58.5 Å². The molecule has 170 valence electrons. The Balaban J connectivity index is 2.23. The van der Waals surface area contributed by atoms with Crippen LogP contribution in [0.3, 0.4) is 0 Å². The highest BCUT2D eigenvalue weighted by molar-refractivity contribution is 7.86. The molecule has 11 nitrogen and oxygen atoms in total. The van der Waals surface area contributed by atoms with Crippen LogP contribution < -0.4 is 17.2 Å². The van der Waals surface area contributed by atoms with Gasteiger partial charge in [0.15, 0.2) is 11.6 Å². The first-order valence-corrected chi connectivity index (χ1v) is 11.9. The third-order valence-corrected chi connectivity index (χ3v) is 7.10. The number of anilines is 3. The Bertz CT molecular complexity index is 1630. The highest BCUT2D eigenvalue weighted by atomic mass is 32.2. The summed E-state index contributed by atoms with van der Waals surface area (Å²) in [6, 6.07) is 8.87. The van der Waals surface area contributed by atoms with E-state index in [1.165, 1.54) is 30.3 Å². The van der Waals surface area contributed by atoms with Crippen LogP contribution in [-0.2, 0) is 20.2 Å². The number of hydrogen-bond donors (Lipinski definition) is 5. The molecular weight excluding hydrogens is 474 g/mol. The van der Waals surface area contributed by atoms with E-state index >= 15 is 0 Å². The second kappa shape index (κ2) is 7.11. The van der Waals surface area contributed by atoms with E-state index in [4.69, 9.17) is 17.2 Å². The molecule has 8 N–H and O–H groups in total. The van der Waals surface area contributed by atoms with Crippen LogP contribution in [0.1, 0.15) is 31.8 Å². The molecule has 13 heteroatoms. The molecular formula is C20H15N3O8S2. The van der Waals surface area contributed by atoms with E-state index in [-0.39, 0.29) is 33.5 Å². The lowest BCUT2D eigenvalue weighted by Gasteiger charge is -2.25. The maximum absolute atomic E-state index is 13.4. The van der Waals surface area contributed by atoms with E-state index in [2.05, 4.69) is 0 Å². The molecule has 0 fully saturated rings. The number of carbonyl (C=O) groups excluding carboxylic acids is 2. The molecule has 4 rings (SSSR count). The standard InChI is InChI=1S/C20H15N3O8S2/c21-11-6-5-8(7-12(11)32(26,27)28)13-14-15(17(23)20(16(13)22)33(29,30)31)19(25)10-4-2-1-3-9(10)18(14)24/h1-7H,21-23H2,(H,26,27,28)(H,29,30,31). The normalized spacial score (nSPS) is 13.5. The molecule has 0 spiro atoms. The zero-order valence-corrected chi connectivity index (χ0v) is 18.1. The third-order valence-electron chi connectivity index (χ3n) is 5.24. The number of rotatable bonds is 3. The van der Waals surface area contributed by atoms with E-state index in [0.717, 1.165) is 12.1 Å². The van der Waals surface area contributed by atoms with Gasteiger partial charge in [0.25, 0.3) is 20.2 Å². The minimum atomic E-state index is -5.10. The molecule has 0 radical (unpaired) electrons. The number of carbonyl (C=O) groups is 2. The second-order valence-corrected chi connectivity index (χ2v) is 9.94. The number of fused-ring (bicyclic) bond motifs is 2. The molecule has 3 aromatic rings.